The number of nitrogens with one attached hydrogen (secondary N) is 1. The molecule has 0 saturated carbocycles. The standard InChI is InChI=1S/C18H18ClN3O3/c1-25-18(24)22-7-6-14-13(11-22)8-20-10-15(14)17(23)21-9-12-4-2-3-5-16(12)19/h2-5,8,10H,6-7,9,11H2,1H3,(H,21,23). The van der Waals surface area contributed by atoms with Crippen molar-refractivity contribution in [2.45, 2.75) is 19.5 Å². The Hall–Kier alpha value is -2.60. The van der Waals surface area contributed by atoms with Crippen molar-refractivity contribution >= 4 is 23.6 Å². The summed E-state index contributed by atoms with van der Waals surface area (Å²) in [6, 6.07) is 7.38. The molecule has 130 valence electrons. The number of halogens is 1. The van der Waals surface area contributed by atoms with Gasteiger partial charge < -0.3 is 15.0 Å². The second-order valence-corrected chi connectivity index (χ2v) is 6.15. The number of hydrogen-bond acceptors (Lipinski definition) is 4. The van der Waals surface area contributed by atoms with Gasteiger partial charge in [-0.1, -0.05) is 29.8 Å². The van der Waals surface area contributed by atoms with Gasteiger partial charge >= 0.3 is 6.09 Å². The maximum Gasteiger partial charge on any atom is 0.409 e. The third kappa shape index (κ3) is 3.74. The fraction of sp³-hybridized carbons (Fsp3) is 0.278. The summed E-state index contributed by atoms with van der Waals surface area (Å²) < 4.78 is 4.76. The van der Waals surface area contributed by atoms with E-state index in [9.17, 15) is 9.59 Å². The molecule has 0 saturated heterocycles. The Labute approximate surface area is 150 Å². The van der Waals surface area contributed by atoms with Crippen molar-refractivity contribution in [1.82, 2.24) is 15.2 Å². The van der Waals surface area contributed by atoms with Gasteiger partial charge in [0.1, 0.15) is 0 Å². The molecule has 3 rings (SSSR count). The van der Waals surface area contributed by atoms with E-state index in [1.807, 2.05) is 18.2 Å². The Kier molecular flexibility index (Phi) is 5.19. The number of carbonyl (C=O) groups is 2. The number of fused-ring (bicyclic) bond motifs is 1. The van der Waals surface area contributed by atoms with Crippen molar-refractivity contribution in [1.29, 1.82) is 0 Å². The minimum Gasteiger partial charge on any atom is -0.453 e. The third-order valence-electron chi connectivity index (χ3n) is 4.21. The van der Waals surface area contributed by atoms with Crippen LogP contribution in [-0.4, -0.2) is 35.5 Å². The molecule has 0 bridgehead atoms. The van der Waals surface area contributed by atoms with Gasteiger partial charge in [0.2, 0.25) is 0 Å². The van der Waals surface area contributed by atoms with E-state index in [2.05, 4.69) is 10.3 Å². The quantitative estimate of drug-likeness (QED) is 0.914. The molecule has 1 N–H and O–H groups in total. The van der Waals surface area contributed by atoms with Crippen LogP contribution in [-0.2, 0) is 24.2 Å². The number of carbonyl (C=O) groups excluding carboxylic acids is 2. The average molecular weight is 360 g/mol. The summed E-state index contributed by atoms with van der Waals surface area (Å²) >= 11 is 6.12. The van der Waals surface area contributed by atoms with E-state index in [1.54, 1.807) is 23.4 Å². The van der Waals surface area contributed by atoms with Crippen molar-refractivity contribution in [2.24, 2.45) is 0 Å². The first-order chi connectivity index (χ1) is 12.1. The molecule has 0 aliphatic carbocycles. The molecule has 2 heterocycles. The van der Waals surface area contributed by atoms with Crippen LogP contribution in [0.4, 0.5) is 4.79 Å². The number of hydrogen-bond donors (Lipinski definition) is 1. The van der Waals surface area contributed by atoms with Crippen LogP contribution in [0.15, 0.2) is 36.7 Å². The van der Waals surface area contributed by atoms with Crippen molar-refractivity contribution in [3.05, 3.63) is 63.9 Å². The summed E-state index contributed by atoms with van der Waals surface area (Å²) in [6.45, 7) is 1.24. The maximum atomic E-state index is 12.6. The molecule has 0 spiro atoms. The lowest BCUT2D eigenvalue weighted by Gasteiger charge is -2.28. The second-order valence-electron chi connectivity index (χ2n) is 5.74. The molecule has 0 radical (unpaired) electrons. The predicted octanol–water partition coefficient (Wildman–Crippen LogP) is 2.79. The molecule has 2 aromatic rings. The number of methoxy groups -OCH3 is 1. The number of rotatable bonds is 3. The zero-order valence-corrected chi connectivity index (χ0v) is 14.5. The first-order valence-electron chi connectivity index (χ1n) is 7.90. The molecule has 2 amide bonds. The fourth-order valence-corrected chi connectivity index (χ4v) is 3.09. The van der Waals surface area contributed by atoms with Gasteiger partial charge in [-0.25, -0.2) is 4.79 Å². The van der Waals surface area contributed by atoms with Crippen molar-refractivity contribution in [3.8, 4) is 0 Å². The van der Waals surface area contributed by atoms with Crippen molar-refractivity contribution in [2.75, 3.05) is 13.7 Å². The van der Waals surface area contributed by atoms with Crippen LogP contribution in [0, 0.1) is 0 Å². The molecular weight excluding hydrogens is 342 g/mol. The zero-order chi connectivity index (χ0) is 17.8. The van der Waals surface area contributed by atoms with E-state index in [-0.39, 0.29) is 12.0 Å². The number of nitrogens with zero attached hydrogens (tertiary/aromatic N) is 2. The second kappa shape index (κ2) is 7.53. The minimum atomic E-state index is -0.376. The summed E-state index contributed by atoms with van der Waals surface area (Å²) in [4.78, 5) is 30.0. The highest BCUT2D eigenvalue weighted by molar-refractivity contribution is 6.31. The lowest BCUT2D eigenvalue weighted by atomic mass is 9.97. The molecule has 1 aromatic carbocycles. The van der Waals surface area contributed by atoms with E-state index in [4.69, 9.17) is 16.3 Å². The normalized spacial score (nSPS) is 13.1. The highest BCUT2D eigenvalue weighted by Crippen LogP contribution is 2.22. The lowest BCUT2D eigenvalue weighted by Crippen LogP contribution is -2.37. The lowest BCUT2D eigenvalue weighted by molar-refractivity contribution is 0.0948. The van der Waals surface area contributed by atoms with Crippen molar-refractivity contribution in [3.63, 3.8) is 0 Å². The average Bonchev–Trinajstić information content (AvgIpc) is 2.65. The molecule has 7 heteroatoms. The van der Waals surface area contributed by atoms with Gasteiger partial charge in [0.05, 0.1) is 19.2 Å². The van der Waals surface area contributed by atoms with Gasteiger partial charge in [0.25, 0.3) is 5.91 Å². The number of pyridine rings is 1. The minimum absolute atomic E-state index is 0.198. The van der Waals surface area contributed by atoms with Gasteiger partial charge in [-0.3, -0.25) is 9.78 Å². The number of aromatic nitrogens is 1. The molecular formula is C18H18ClN3O3. The molecule has 25 heavy (non-hydrogen) atoms. The summed E-state index contributed by atoms with van der Waals surface area (Å²) in [5.41, 5.74) is 3.18. The van der Waals surface area contributed by atoms with Gasteiger partial charge in [-0.05, 0) is 29.2 Å². The summed E-state index contributed by atoms with van der Waals surface area (Å²) in [7, 11) is 1.36. The summed E-state index contributed by atoms with van der Waals surface area (Å²) in [5.74, 6) is -0.198. The van der Waals surface area contributed by atoms with E-state index >= 15 is 0 Å². The number of ether oxygens (including phenoxy) is 1. The smallest absolute Gasteiger partial charge is 0.409 e. The molecule has 0 fully saturated rings. The fourth-order valence-electron chi connectivity index (χ4n) is 2.89. The Balaban J connectivity index is 1.74. The van der Waals surface area contributed by atoms with Gasteiger partial charge in [0, 0.05) is 30.5 Å². The molecule has 1 aromatic heterocycles. The maximum absolute atomic E-state index is 12.6. The Morgan fingerprint density at radius 1 is 1.32 bits per heavy atom. The monoisotopic (exact) mass is 359 g/mol. The molecule has 6 nitrogen and oxygen atoms in total. The van der Waals surface area contributed by atoms with Crippen LogP contribution in [0.2, 0.25) is 5.02 Å². The van der Waals surface area contributed by atoms with Crippen LogP contribution in [0.3, 0.4) is 0 Å². The van der Waals surface area contributed by atoms with Gasteiger partial charge in [-0.15, -0.1) is 0 Å². The number of amides is 2. The Morgan fingerprint density at radius 3 is 2.88 bits per heavy atom. The molecule has 1 aliphatic heterocycles. The van der Waals surface area contributed by atoms with E-state index in [0.717, 1.165) is 16.7 Å². The van der Waals surface area contributed by atoms with Gasteiger partial charge in [0.15, 0.2) is 0 Å². The highest BCUT2D eigenvalue weighted by Gasteiger charge is 2.25. The van der Waals surface area contributed by atoms with Crippen LogP contribution < -0.4 is 5.32 Å². The first kappa shape index (κ1) is 17.2. The summed E-state index contributed by atoms with van der Waals surface area (Å²) in [5, 5.41) is 3.50. The molecule has 0 atom stereocenters. The SMILES string of the molecule is COC(=O)N1CCc2c(cncc2C(=O)NCc2ccccc2Cl)C1. The Morgan fingerprint density at radius 2 is 2.12 bits per heavy atom. The van der Waals surface area contributed by atoms with Crippen LogP contribution in [0.5, 0.6) is 0 Å². The topological polar surface area (TPSA) is 71.5 Å². The van der Waals surface area contributed by atoms with E-state index in [0.29, 0.717) is 36.6 Å². The largest absolute Gasteiger partial charge is 0.453 e. The zero-order valence-electron chi connectivity index (χ0n) is 13.8. The highest BCUT2D eigenvalue weighted by atomic mass is 35.5. The number of benzene rings is 1. The van der Waals surface area contributed by atoms with Crippen LogP contribution >= 0.6 is 11.6 Å². The van der Waals surface area contributed by atoms with Crippen molar-refractivity contribution < 1.29 is 14.3 Å². The first-order valence-corrected chi connectivity index (χ1v) is 8.28. The molecule has 0 unspecified atom stereocenters. The van der Waals surface area contributed by atoms with E-state index < -0.39 is 0 Å². The molecule has 1 aliphatic rings. The van der Waals surface area contributed by atoms with E-state index in [1.165, 1.54) is 7.11 Å². The predicted molar refractivity (Wildman–Crippen MR) is 93.4 cm³/mol. The van der Waals surface area contributed by atoms with Crippen LogP contribution in [0.1, 0.15) is 27.0 Å². The third-order valence-corrected chi connectivity index (χ3v) is 4.58. The Bertz CT molecular complexity index is 810. The van der Waals surface area contributed by atoms with Crippen LogP contribution in [0.25, 0.3) is 0 Å². The summed E-state index contributed by atoms with van der Waals surface area (Å²) in [6.07, 6.45) is 3.46. The van der Waals surface area contributed by atoms with Gasteiger partial charge in [-0.2, -0.15) is 0 Å².